The number of hydrogen-bond donors (Lipinski definition) is 1. The van der Waals surface area contributed by atoms with Gasteiger partial charge < -0.3 is 5.32 Å². The maximum absolute atomic E-state index is 12.3. The molecule has 0 aliphatic carbocycles. The zero-order valence-corrected chi connectivity index (χ0v) is 12.4. The Kier molecular flexibility index (Phi) is 3.65. The van der Waals surface area contributed by atoms with Gasteiger partial charge in [0.2, 0.25) is 0 Å². The second kappa shape index (κ2) is 5.30. The first-order valence-corrected chi connectivity index (χ1v) is 7.51. The number of hydrogen-bond acceptors (Lipinski definition) is 4. The summed E-state index contributed by atoms with van der Waals surface area (Å²) in [6, 6.07) is 0. The summed E-state index contributed by atoms with van der Waals surface area (Å²) in [5.41, 5.74) is 0.447. The van der Waals surface area contributed by atoms with Crippen LogP contribution in [0.15, 0.2) is 6.20 Å². The van der Waals surface area contributed by atoms with Crippen molar-refractivity contribution in [3.8, 4) is 0 Å². The summed E-state index contributed by atoms with van der Waals surface area (Å²) in [6.07, 6.45) is 6.27. The van der Waals surface area contributed by atoms with Gasteiger partial charge in [-0.25, -0.2) is 9.97 Å². The van der Waals surface area contributed by atoms with Crippen LogP contribution in [0.5, 0.6) is 0 Å². The van der Waals surface area contributed by atoms with Crippen LogP contribution in [0.25, 0.3) is 0 Å². The maximum Gasteiger partial charge on any atom is 0.271 e. The van der Waals surface area contributed by atoms with E-state index in [1.807, 2.05) is 0 Å². The molecule has 0 bridgehead atoms. The smallest absolute Gasteiger partial charge is 0.271 e. The molecule has 0 spiro atoms. The minimum atomic E-state index is -0.200. The van der Waals surface area contributed by atoms with Gasteiger partial charge in [0, 0.05) is 12.1 Å². The summed E-state index contributed by atoms with van der Waals surface area (Å²) in [5.74, 6) is 0.356. The second-order valence-electron chi connectivity index (χ2n) is 5.71. The van der Waals surface area contributed by atoms with E-state index < -0.39 is 0 Å². The van der Waals surface area contributed by atoms with Crippen LogP contribution in [0.2, 0.25) is 5.02 Å². The van der Waals surface area contributed by atoms with Crippen molar-refractivity contribution in [2.24, 2.45) is 0 Å². The molecule has 1 amide bonds. The van der Waals surface area contributed by atoms with E-state index >= 15 is 0 Å². The molecule has 0 saturated carbocycles. The molecule has 0 unspecified atom stereocenters. The first kappa shape index (κ1) is 13.8. The molecule has 0 aromatic carbocycles. The van der Waals surface area contributed by atoms with E-state index in [-0.39, 0.29) is 17.1 Å². The van der Waals surface area contributed by atoms with Crippen LogP contribution in [0, 0.1) is 6.92 Å². The van der Waals surface area contributed by atoms with Gasteiger partial charge in [0.05, 0.1) is 11.2 Å². The molecule has 2 aliphatic rings. The highest BCUT2D eigenvalue weighted by atomic mass is 35.5. The lowest BCUT2D eigenvalue weighted by Crippen LogP contribution is -2.48. The number of aryl methyl sites for hydroxylation is 1. The van der Waals surface area contributed by atoms with E-state index in [0.717, 1.165) is 13.1 Å². The minimum Gasteiger partial charge on any atom is -0.349 e. The van der Waals surface area contributed by atoms with Gasteiger partial charge in [-0.1, -0.05) is 11.6 Å². The zero-order chi connectivity index (χ0) is 14.2. The van der Waals surface area contributed by atoms with E-state index in [9.17, 15) is 4.79 Å². The molecule has 0 atom stereocenters. The van der Waals surface area contributed by atoms with Crippen LogP contribution < -0.4 is 5.32 Å². The quantitative estimate of drug-likeness (QED) is 0.923. The molecule has 1 N–H and O–H groups in total. The van der Waals surface area contributed by atoms with Crippen LogP contribution in [0.1, 0.15) is 42.0 Å². The summed E-state index contributed by atoms with van der Waals surface area (Å²) in [4.78, 5) is 22.9. The molecular formula is C14H19ClN4O. The van der Waals surface area contributed by atoms with Gasteiger partial charge in [-0.05, 0) is 45.7 Å². The maximum atomic E-state index is 12.3. The highest BCUT2D eigenvalue weighted by Gasteiger charge is 2.44. The van der Waals surface area contributed by atoms with Crippen molar-refractivity contribution in [3.05, 3.63) is 22.7 Å². The molecule has 108 valence electrons. The fourth-order valence-corrected chi connectivity index (χ4v) is 3.63. The predicted molar refractivity (Wildman–Crippen MR) is 76.9 cm³/mol. The van der Waals surface area contributed by atoms with Crippen molar-refractivity contribution in [1.82, 2.24) is 20.2 Å². The summed E-state index contributed by atoms with van der Waals surface area (Å²) in [7, 11) is 0. The average molecular weight is 295 g/mol. The van der Waals surface area contributed by atoms with Gasteiger partial charge in [0.15, 0.2) is 0 Å². The Balaban J connectivity index is 1.69. The van der Waals surface area contributed by atoms with E-state index in [4.69, 9.17) is 11.6 Å². The van der Waals surface area contributed by atoms with Gasteiger partial charge in [-0.3, -0.25) is 9.69 Å². The van der Waals surface area contributed by atoms with Gasteiger partial charge in [-0.15, -0.1) is 0 Å². The van der Waals surface area contributed by atoms with Crippen molar-refractivity contribution < 1.29 is 4.79 Å². The van der Waals surface area contributed by atoms with E-state index in [0.29, 0.717) is 17.4 Å². The number of fused-ring (bicyclic) bond motifs is 1. The van der Waals surface area contributed by atoms with Crippen molar-refractivity contribution in [3.63, 3.8) is 0 Å². The van der Waals surface area contributed by atoms with Gasteiger partial charge >= 0.3 is 0 Å². The fraction of sp³-hybridized carbons (Fsp3) is 0.643. The molecule has 3 rings (SSSR count). The van der Waals surface area contributed by atoms with Crippen molar-refractivity contribution in [2.75, 3.05) is 19.6 Å². The van der Waals surface area contributed by atoms with Gasteiger partial charge in [0.1, 0.15) is 11.5 Å². The number of amides is 1. The number of carbonyl (C=O) groups excluding carboxylic acids is 1. The molecule has 20 heavy (non-hydrogen) atoms. The third-order valence-electron chi connectivity index (χ3n) is 4.47. The number of nitrogens with zero attached hydrogens (tertiary/aromatic N) is 3. The van der Waals surface area contributed by atoms with Crippen LogP contribution in [0.4, 0.5) is 0 Å². The number of nitrogens with one attached hydrogen (secondary N) is 1. The average Bonchev–Trinajstić information content (AvgIpc) is 2.98. The lowest BCUT2D eigenvalue weighted by molar-refractivity contribution is 0.0914. The first-order chi connectivity index (χ1) is 9.61. The lowest BCUT2D eigenvalue weighted by Gasteiger charge is -2.32. The normalized spacial score (nSPS) is 20.9. The van der Waals surface area contributed by atoms with Gasteiger partial charge in [0.25, 0.3) is 5.91 Å². The topological polar surface area (TPSA) is 58.1 Å². The Morgan fingerprint density at radius 2 is 2.15 bits per heavy atom. The van der Waals surface area contributed by atoms with Crippen molar-refractivity contribution in [2.45, 2.75) is 38.1 Å². The number of rotatable bonds is 3. The van der Waals surface area contributed by atoms with Crippen LogP contribution in [-0.4, -0.2) is 45.9 Å². The van der Waals surface area contributed by atoms with Crippen molar-refractivity contribution >= 4 is 17.5 Å². The zero-order valence-electron chi connectivity index (χ0n) is 11.7. The number of halogens is 1. The Morgan fingerprint density at radius 1 is 1.45 bits per heavy atom. The molecule has 3 heterocycles. The standard InChI is InChI=1S/C14H19ClN4O/c1-10-16-8-11(15)12(18-10)13(20)17-9-14-4-2-6-19(14)7-3-5-14/h8H,2-7,9H2,1H3,(H,17,20). The van der Waals surface area contributed by atoms with E-state index in [1.54, 1.807) is 6.92 Å². The molecule has 6 heteroatoms. The highest BCUT2D eigenvalue weighted by molar-refractivity contribution is 6.33. The minimum absolute atomic E-state index is 0.171. The molecule has 5 nitrogen and oxygen atoms in total. The molecule has 0 radical (unpaired) electrons. The molecule has 2 fully saturated rings. The Bertz CT molecular complexity index is 524. The summed E-state index contributed by atoms with van der Waals surface area (Å²) >= 11 is 6.00. The third kappa shape index (κ3) is 2.40. The van der Waals surface area contributed by atoms with Crippen LogP contribution in [-0.2, 0) is 0 Å². The SMILES string of the molecule is Cc1ncc(Cl)c(C(=O)NCC23CCCN2CCC3)n1. The van der Waals surface area contributed by atoms with Crippen LogP contribution in [0.3, 0.4) is 0 Å². The summed E-state index contributed by atoms with van der Waals surface area (Å²) < 4.78 is 0. The third-order valence-corrected chi connectivity index (χ3v) is 4.75. The van der Waals surface area contributed by atoms with Crippen LogP contribution >= 0.6 is 11.6 Å². The van der Waals surface area contributed by atoms with E-state index in [1.165, 1.54) is 31.9 Å². The first-order valence-electron chi connectivity index (χ1n) is 7.13. The molecule has 1 aromatic heterocycles. The fourth-order valence-electron chi connectivity index (χ4n) is 3.46. The second-order valence-corrected chi connectivity index (χ2v) is 6.12. The molecule has 2 saturated heterocycles. The summed E-state index contributed by atoms with van der Waals surface area (Å²) in [5, 5.41) is 3.32. The Hall–Kier alpha value is -1.20. The van der Waals surface area contributed by atoms with E-state index in [2.05, 4.69) is 20.2 Å². The van der Waals surface area contributed by atoms with Crippen molar-refractivity contribution in [1.29, 1.82) is 0 Å². The molecule has 2 aliphatic heterocycles. The Labute approximate surface area is 123 Å². The number of carbonyl (C=O) groups is 1. The monoisotopic (exact) mass is 294 g/mol. The summed E-state index contributed by atoms with van der Waals surface area (Å²) in [6.45, 7) is 4.75. The molecule has 1 aromatic rings. The largest absolute Gasteiger partial charge is 0.349 e. The van der Waals surface area contributed by atoms with Gasteiger partial charge in [-0.2, -0.15) is 0 Å². The predicted octanol–water partition coefficient (Wildman–Crippen LogP) is 1.80. The molecular weight excluding hydrogens is 276 g/mol. The Morgan fingerprint density at radius 3 is 2.85 bits per heavy atom. The number of aromatic nitrogens is 2. The lowest BCUT2D eigenvalue weighted by atomic mass is 9.94. The highest BCUT2D eigenvalue weighted by Crippen LogP contribution is 2.38.